The van der Waals surface area contributed by atoms with Crippen LogP contribution in [0.3, 0.4) is 0 Å². The number of thiazole rings is 1. The molecule has 2 aromatic heterocycles. The summed E-state index contributed by atoms with van der Waals surface area (Å²) < 4.78 is 3.32. The molecule has 0 radical (unpaired) electrons. The van der Waals surface area contributed by atoms with Crippen molar-refractivity contribution in [3.63, 3.8) is 0 Å². The monoisotopic (exact) mass is 336 g/mol. The second-order valence-corrected chi connectivity index (χ2v) is 7.42. The Labute approximate surface area is 143 Å². The summed E-state index contributed by atoms with van der Waals surface area (Å²) in [5.74, 6) is 0. The number of quaternary nitrogens is 1. The summed E-state index contributed by atoms with van der Waals surface area (Å²) in [6.07, 6.45) is 2.43. The first-order chi connectivity index (χ1) is 11.9. The third-order valence-electron chi connectivity index (χ3n) is 4.87. The van der Waals surface area contributed by atoms with Crippen LogP contribution in [0.25, 0.3) is 21.3 Å². The van der Waals surface area contributed by atoms with Gasteiger partial charge in [-0.3, -0.25) is 0 Å². The van der Waals surface area contributed by atoms with E-state index in [-0.39, 0.29) is 0 Å². The fourth-order valence-electron chi connectivity index (χ4n) is 3.66. The number of rotatable bonds is 3. The van der Waals surface area contributed by atoms with E-state index in [0.717, 1.165) is 29.8 Å². The van der Waals surface area contributed by atoms with Crippen LogP contribution in [0.15, 0.2) is 48.5 Å². The number of benzene rings is 2. The molecule has 0 aliphatic carbocycles. The van der Waals surface area contributed by atoms with Crippen LogP contribution in [0.2, 0.25) is 0 Å². The fraction of sp³-hybridized carbons (Fsp3) is 0.278. The predicted molar refractivity (Wildman–Crippen MR) is 95.0 cm³/mol. The van der Waals surface area contributed by atoms with Gasteiger partial charge in [-0.05, 0) is 24.3 Å². The SMILES string of the molecule is c1ccc2sc([C@@H]3CCC[NH+]3Cn3nnc4ccccc43)nc2c1. The average Bonchev–Trinajstić information content (AvgIpc) is 3.33. The molecule has 5 rings (SSSR count). The van der Waals surface area contributed by atoms with Crippen LogP contribution in [0, 0.1) is 0 Å². The molecule has 120 valence electrons. The smallest absolute Gasteiger partial charge is 0.175 e. The number of hydrogen-bond acceptors (Lipinski definition) is 4. The van der Waals surface area contributed by atoms with Crippen LogP contribution in [0.4, 0.5) is 0 Å². The van der Waals surface area contributed by atoms with Gasteiger partial charge in [0, 0.05) is 12.8 Å². The van der Waals surface area contributed by atoms with E-state index in [2.05, 4.69) is 40.6 Å². The van der Waals surface area contributed by atoms with Crippen molar-refractivity contribution in [2.75, 3.05) is 6.54 Å². The van der Waals surface area contributed by atoms with Gasteiger partial charge in [0.05, 0.1) is 22.3 Å². The van der Waals surface area contributed by atoms with Gasteiger partial charge < -0.3 is 4.90 Å². The first-order valence-corrected chi connectivity index (χ1v) is 9.18. The number of para-hydroxylation sites is 2. The molecular weight excluding hydrogens is 318 g/mol. The Bertz CT molecular complexity index is 972. The zero-order valence-corrected chi connectivity index (χ0v) is 14.0. The van der Waals surface area contributed by atoms with E-state index < -0.39 is 0 Å². The number of aromatic nitrogens is 4. The molecule has 1 aliphatic heterocycles. The van der Waals surface area contributed by atoms with Crippen LogP contribution in [-0.4, -0.2) is 26.5 Å². The molecular formula is C18H18N5S+. The van der Waals surface area contributed by atoms with Gasteiger partial charge in [-0.15, -0.1) is 16.4 Å². The molecule has 0 spiro atoms. The highest BCUT2D eigenvalue weighted by Crippen LogP contribution is 2.28. The Hall–Kier alpha value is -2.31. The van der Waals surface area contributed by atoms with Gasteiger partial charge in [-0.1, -0.05) is 29.5 Å². The van der Waals surface area contributed by atoms with Crippen molar-refractivity contribution in [3.8, 4) is 0 Å². The van der Waals surface area contributed by atoms with Crippen molar-refractivity contribution >= 4 is 32.6 Å². The summed E-state index contributed by atoms with van der Waals surface area (Å²) in [7, 11) is 0. The molecule has 2 atom stereocenters. The Morgan fingerprint density at radius 1 is 1.08 bits per heavy atom. The number of nitrogens with one attached hydrogen (secondary N) is 1. The zero-order valence-electron chi connectivity index (χ0n) is 13.2. The van der Waals surface area contributed by atoms with Crippen LogP contribution < -0.4 is 4.90 Å². The van der Waals surface area contributed by atoms with Crippen molar-refractivity contribution < 1.29 is 4.90 Å². The summed E-state index contributed by atoms with van der Waals surface area (Å²) >= 11 is 1.84. The molecule has 4 aromatic rings. The molecule has 1 aliphatic rings. The molecule has 0 amide bonds. The van der Waals surface area contributed by atoms with Crippen molar-refractivity contribution in [2.24, 2.45) is 0 Å². The number of fused-ring (bicyclic) bond motifs is 2. The predicted octanol–water partition coefficient (Wildman–Crippen LogP) is 2.42. The van der Waals surface area contributed by atoms with E-state index in [4.69, 9.17) is 4.98 Å². The Morgan fingerprint density at radius 3 is 2.83 bits per heavy atom. The topological polar surface area (TPSA) is 48.0 Å². The molecule has 1 N–H and O–H groups in total. The maximum Gasteiger partial charge on any atom is 0.175 e. The minimum absolute atomic E-state index is 0.463. The molecule has 1 saturated heterocycles. The highest BCUT2D eigenvalue weighted by molar-refractivity contribution is 7.18. The van der Waals surface area contributed by atoms with E-state index in [0.29, 0.717) is 6.04 Å². The van der Waals surface area contributed by atoms with Crippen molar-refractivity contribution in [3.05, 3.63) is 53.5 Å². The van der Waals surface area contributed by atoms with E-state index in [1.807, 2.05) is 34.2 Å². The summed E-state index contributed by atoms with van der Waals surface area (Å²) in [6.45, 7) is 2.01. The molecule has 3 heterocycles. The highest BCUT2D eigenvalue weighted by atomic mass is 32.1. The summed E-state index contributed by atoms with van der Waals surface area (Å²) in [4.78, 5) is 6.42. The molecule has 24 heavy (non-hydrogen) atoms. The molecule has 2 aromatic carbocycles. The lowest BCUT2D eigenvalue weighted by Crippen LogP contribution is -3.09. The lowest BCUT2D eigenvalue weighted by molar-refractivity contribution is -0.941. The molecule has 6 heteroatoms. The minimum Gasteiger partial charge on any atom is -0.308 e. The Morgan fingerprint density at radius 2 is 1.92 bits per heavy atom. The molecule has 0 bridgehead atoms. The fourth-order valence-corrected chi connectivity index (χ4v) is 4.83. The van der Waals surface area contributed by atoms with E-state index in [9.17, 15) is 0 Å². The van der Waals surface area contributed by atoms with Gasteiger partial charge in [0.25, 0.3) is 0 Å². The van der Waals surface area contributed by atoms with Gasteiger partial charge >= 0.3 is 0 Å². The lowest BCUT2D eigenvalue weighted by Gasteiger charge is -2.19. The van der Waals surface area contributed by atoms with Crippen LogP contribution in [-0.2, 0) is 6.67 Å². The van der Waals surface area contributed by atoms with Crippen molar-refractivity contribution in [1.82, 2.24) is 20.0 Å². The normalized spacial score (nSPS) is 21.0. The summed E-state index contributed by atoms with van der Waals surface area (Å²) in [6, 6.07) is 17.1. The van der Waals surface area contributed by atoms with Gasteiger partial charge in [-0.25, -0.2) is 4.98 Å². The Balaban J connectivity index is 1.46. The average molecular weight is 336 g/mol. The van der Waals surface area contributed by atoms with E-state index >= 15 is 0 Å². The van der Waals surface area contributed by atoms with E-state index in [1.165, 1.54) is 27.4 Å². The second kappa shape index (κ2) is 5.65. The Kier molecular flexibility index (Phi) is 3.31. The number of nitrogens with zero attached hydrogens (tertiary/aromatic N) is 4. The van der Waals surface area contributed by atoms with Crippen molar-refractivity contribution in [1.29, 1.82) is 0 Å². The third-order valence-corrected chi connectivity index (χ3v) is 6.02. The standard InChI is InChI=1S/C18H17N5S/c1-3-8-15-13(6-1)20-21-23(15)12-22-11-5-9-16(22)18-19-14-7-2-4-10-17(14)24-18/h1-4,6-8,10,16H,5,9,11-12H2/p+1/t16-/m0/s1. The quantitative estimate of drug-likeness (QED) is 0.625. The number of hydrogen-bond donors (Lipinski definition) is 1. The van der Waals surface area contributed by atoms with Gasteiger partial charge in [0.15, 0.2) is 11.7 Å². The van der Waals surface area contributed by atoms with E-state index in [1.54, 1.807) is 0 Å². The third kappa shape index (κ3) is 2.30. The summed E-state index contributed by atoms with van der Waals surface area (Å²) in [5, 5.41) is 9.90. The maximum absolute atomic E-state index is 4.89. The highest BCUT2D eigenvalue weighted by Gasteiger charge is 2.33. The van der Waals surface area contributed by atoms with Gasteiger partial charge in [-0.2, -0.15) is 4.68 Å². The molecule has 0 saturated carbocycles. The summed E-state index contributed by atoms with van der Waals surface area (Å²) in [5.41, 5.74) is 3.20. The van der Waals surface area contributed by atoms with Gasteiger partial charge in [0.2, 0.25) is 0 Å². The minimum atomic E-state index is 0.463. The number of likely N-dealkylation sites (tertiary alicyclic amines) is 1. The van der Waals surface area contributed by atoms with Gasteiger partial charge in [0.1, 0.15) is 11.6 Å². The molecule has 5 nitrogen and oxygen atoms in total. The first-order valence-electron chi connectivity index (χ1n) is 8.37. The zero-order chi connectivity index (χ0) is 15.9. The molecule has 1 unspecified atom stereocenters. The van der Waals surface area contributed by atoms with Crippen molar-refractivity contribution in [2.45, 2.75) is 25.6 Å². The molecule has 1 fully saturated rings. The second-order valence-electron chi connectivity index (χ2n) is 6.36. The van der Waals surface area contributed by atoms with Crippen LogP contribution in [0.5, 0.6) is 0 Å². The van der Waals surface area contributed by atoms with Crippen LogP contribution in [0.1, 0.15) is 23.9 Å². The first kappa shape index (κ1) is 14.1. The largest absolute Gasteiger partial charge is 0.308 e. The lowest BCUT2D eigenvalue weighted by atomic mass is 10.2. The maximum atomic E-state index is 4.89. The van der Waals surface area contributed by atoms with Crippen LogP contribution >= 0.6 is 11.3 Å².